The first-order chi connectivity index (χ1) is 9.36. The number of hydrogen-bond donors (Lipinski definition) is 1. The maximum absolute atomic E-state index is 12.2. The smallest absolute Gasteiger partial charge is 0.410 e. The van der Waals surface area contributed by atoms with Gasteiger partial charge in [0.05, 0.1) is 0 Å². The van der Waals surface area contributed by atoms with E-state index in [-0.39, 0.29) is 12.7 Å². The number of carbonyl (C=O) groups excluding carboxylic acids is 1. The van der Waals surface area contributed by atoms with Crippen LogP contribution >= 0.6 is 0 Å². The largest absolute Gasteiger partial charge is 0.444 e. The van der Waals surface area contributed by atoms with Gasteiger partial charge in [-0.3, -0.25) is 0 Å². The summed E-state index contributed by atoms with van der Waals surface area (Å²) in [6, 6.07) is 0. The second-order valence-electron chi connectivity index (χ2n) is 7.03. The molecule has 114 valence electrons. The number of allylic oxidation sites excluding steroid dienone is 1. The Labute approximate surface area is 121 Å². The van der Waals surface area contributed by atoms with Crippen molar-refractivity contribution in [3.63, 3.8) is 0 Å². The van der Waals surface area contributed by atoms with E-state index in [0.717, 1.165) is 25.8 Å². The van der Waals surface area contributed by atoms with Crippen molar-refractivity contribution in [3.8, 4) is 0 Å². The van der Waals surface area contributed by atoms with Crippen LogP contribution in [0, 0.1) is 5.41 Å². The number of likely N-dealkylation sites (tertiary alicyclic amines) is 1. The van der Waals surface area contributed by atoms with E-state index in [9.17, 15) is 4.79 Å². The van der Waals surface area contributed by atoms with Crippen molar-refractivity contribution in [1.82, 2.24) is 4.90 Å². The fourth-order valence-electron chi connectivity index (χ4n) is 2.81. The third-order valence-electron chi connectivity index (χ3n) is 4.16. The summed E-state index contributed by atoms with van der Waals surface area (Å²) >= 11 is 0. The number of ether oxygens (including phenoxy) is 1. The van der Waals surface area contributed by atoms with Gasteiger partial charge in [0, 0.05) is 19.7 Å². The molecule has 0 aromatic rings. The summed E-state index contributed by atoms with van der Waals surface area (Å²) in [6.45, 7) is 7.42. The molecule has 0 aromatic carbocycles. The summed E-state index contributed by atoms with van der Waals surface area (Å²) in [5.74, 6) is 0. The Bertz CT molecular complexity index is 391. The van der Waals surface area contributed by atoms with Crippen LogP contribution in [-0.2, 0) is 4.74 Å². The Hall–Kier alpha value is -1.03. The Kier molecular flexibility index (Phi) is 4.43. The fourth-order valence-corrected chi connectivity index (χ4v) is 2.81. The number of rotatable bonds is 3. The minimum absolute atomic E-state index is 0.207. The van der Waals surface area contributed by atoms with Crippen molar-refractivity contribution in [2.24, 2.45) is 5.41 Å². The highest BCUT2D eigenvalue weighted by atomic mass is 16.6. The van der Waals surface area contributed by atoms with Crippen molar-refractivity contribution < 1.29 is 14.6 Å². The molecule has 2 rings (SSSR count). The van der Waals surface area contributed by atoms with Crippen LogP contribution in [0.15, 0.2) is 11.6 Å². The number of aliphatic hydroxyl groups excluding tert-OH is 1. The van der Waals surface area contributed by atoms with Gasteiger partial charge in [0.15, 0.2) is 0 Å². The standard InChI is InChI=1S/C16H27NO3/c1-15(2,3)20-14(19)17-10-9-16(7-8-16)13(12-17)6-4-5-11-18/h6,18H,4-5,7-12H2,1-3H3/b13-6+. The van der Waals surface area contributed by atoms with E-state index in [1.807, 2.05) is 25.7 Å². The Morgan fingerprint density at radius 2 is 2.10 bits per heavy atom. The maximum Gasteiger partial charge on any atom is 0.410 e. The summed E-state index contributed by atoms with van der Waals surface area (Å²) in [6.07, 6.45) is 7.28. The zero-order valence-electron chi connectivity index (χ0n) is 12.9. The highest BCUT2D eigenvalue weighted by Gasteiger charge is 2.49. The van der Waals surface area contributed by atoms with Gasteiger partial charge in [0.2, 0.25) is 0 Å². The first-order valence-corrected chi connectivity index (χ1v) is 7.65. The van der Waals surface area contributed by atoms with Crippen LogP contribution in [0.5, 0.6) is 0 Å². The predicted octanol–water partition coefficient (Wildman–Crippen LogP) is 3.11. The van der Waals surface area contributed by atoms with Gasteiger partial charge < -0.3 is 14.7 Å². The second kappa shape index (κ2) is 5.76. The van der Waals surface area contributed by atoms with E-state index >= 15 is 0 Å². The predicted molar refractivity (Wildman–Crippen MR) is 78.5 cm³/mol. The molecule has 2 aliphatic rings. The molecule has 4 nitrogen and oxygen atoms in total. The Balaban J connectivity index is 1.97. The number of carbonyl (C=O) groups is 1. The Morgan fingerprint density at radius 1 is 1.40 bits per heavy atom. The lowest BCUT2D eigenvalue weighted by Gasteiger charge is -2.35. The first-order valence-electron chi connectivity index (χ1n) is 7.65. The lowest BCUT2D eigenvalue weighted by molar-refractivity contribution is 0.0223. The monoisotopic (exact) mass is 281 g/mol. The molecule has 1 saturated heterocycles. The molecule has 4 heteroatoms. The summed E-state index contributed by atoms with van der Waals surface area (Å²) in [5, 5.41) is 8.90. The van der Waals surface area contributed by atoms with Gasteiger partial charge in [-0.25, -0.2) is 4.79 Å². The average Bonchev–Trinajstić information content (AvgIpc) is 3.10. The quantitative estimate of drug-likeness (QED) is 0.639. The Morgan fingerprint density at radius 3 is 2.65 bits per heavy atom. The molecule has 0 atom stereocenters. The number of unbranched alkanes of at least 4 members (excludes halogenated alkanes) is 1. The van der Waals surface area contributed by atoms with Crippen LogP contribution in [0.1, 0.15) is 52.9 Å². The zero-order valence-corrected chi connectivity index (χ0v) is 12.9. The summed E-state index contributed by atoms with van der Waals surface area (Å²) in [7, 11) is 0. The molecule has 1 N–H and O–H groups in total. The van der Waals surface area contributed by atoms with E-state index in [2.05, 4.69) is 6.08 Å². The number of amides is 1. The lowest BCUT2D eigenvalue weighted by Crippen LogP contribution is -2.43. The van der Waals surface area contributed by atoms with Crippen molar-refractivity contribution in [2.45, 2.75) is 58.5 Å². The van der Waals surface area contributed by atoms with Gasteiger partial charge in [0.1, 0.15) is 5.60 Å². The number of aliphatic hydroxyl groups is 1. The van der Waals surface area contributed by atoms with Crippen LogP contribution in [0.4, 0.5) is 4.79 Å². The van der Waals surface area contributed by atoms with E-state index in [0.29, 0.717) is 12.0 Å². The summed E-state index contributed by atoms with van der Waals surface area (Å²) in [4.78, 5) is 14.0. The van der Waals surface area contributed by atoms with Crippen LogP contribution in [0.25, 0.3) is 0 Å². The molecule has 0 radical (unpaired) electrons. The van der Waals surface area contributed by atoms with Crippen LogP contribution < -0.4 is 0 Å². The molecule has 1 amide bonds. The maximum atomic E-state index is 12.2. The van der Waals surface area contributed by atoms with E-state index in [1.165, 1.54) is 18.4 Å². The molecule has 1 aliphatic heterocycles. The third kappa shape index (κ3) is 3.75. The summed E-state index contributed by atoms with van der Waals surface area (Å²) < 4.78 is 5.46. The molecule has 2 fully saturated rings. The molecule has 0 aromatic heterocycles. The number of piperidine rings is 1. The molecular weight excluding hydrogens is 254 g/mol. The molecule has 1 spiro atoms. The first kappa shape index (κ1) is 15.4. The van der Waals surface area contributed by atoms with Gasteiger partial charge in [-0.05, 0) is 63.9 Å². The lowest BCUT2D eigenvalue weighted by atomic mass is 9.87. The third-order valence-corrected chi connectivity index (χ3v) is 4.16. The molecule has 1 saturated carbocycles. The van der Waals surface area contributed by atoms with Crippen LogP contribution in [0.2, 0.25) is 0 Å². The second-order valence-corrected chi connectivity index (χ2v) is 7.03. The molecule has 0 unspecified atom stereocenters. The van der Waals surface area contributed by atoms with Gasteiger partial charge in [-0.1, -0.05) is 6.08 Å². The van der Waals surface area contributed by atoms with Crippen LogP contribution in [0.3, 0.4) is 0 Å². The molecule has 20 heavy (non-hydrogen) atoms. The molecule has 1 aliphatic carbocycles. The van der Waals surface area contributed by atoms with Crippen molar-refractivity contribution in [1.29, 1.82) is 0 Å². The van der Waals surface area contributed by atoms with Gasteiger partial charge in [-0.15, -0.1) is 0 Å². The van der Waals surface area contributed by atoms with E-state index < -0.39 is 5.60 Å². The van der Waals surface area contributed by atoms with Gasteiger partial charge >= 0.3 is 6.09 Å². The normalized spacial score (nSPS) is 23.2. The van der Waals surface area contributed by atoms with Crippen LogP contribution in [-0.4, -0.2) is 41.4 Å². The summed E-state index contributed by atoms with van der Waals surface area (Å²) in [5.41, 5.74) is 1.31. The van der Waals surface area contributed by atoms with E-state index in [1.54, 1.807) is 0 Å². The molecular formula is C16H27NO3. The average molecular weight is 281 g/mol. The number of hydrogen-bond acceptors (Lipinski definition) is 3. The fraction of sp³-hybridized carbons (Fsp3) is 0.812. The van der Waals surface area contributed by atoms with Gasteiger partial charge in [0.25, 0.3) is 0 Å². The number of nitrogens with zero attached hydrogens (tertiary/aromatic N) is 1. The topological polar surface area (TPSA) is 49.8 Å². The molecule has 0 bridgehead atoms. The SMILES string of the molecule is CC(C)(C)OC(=O)N1CCC2(CC2)/C(=C/CCCO)C1. The van der Waals surface area contributed by atoms with Crippen molar-refractivity contribution >= 4 is 6.09 Å². The minimum Gasteiger partial charge on any atom is -0.444 e. The van der Waals surface area contributed by atoms with Gasteiger partial charge in [-0.2, -0.15) is 0 Å². The zero-order chi connectivity index (χ0) is 14.8. The van der Waals surface area contributed by atoms with Crippen molar-refractivity contribution in [2.75, 3.05) is 19.7 Å². The minimum atomic E-state index is -0.438. The highest BCUT2D eigenvalue weighted by molar-refractivity contribution is 5.69. The molecule has 1 heterocycles. The van der Waals surface area contributed by atoms with E-state index in [4.69, 9.17) is 9.84 Å². The highest BCUT2D eigenvalue weighted by Crippen LogP contribution is 2.56. The van der Waals surface area contributed by atoms with Crippen molar-refractivity contribution in [3.05, 3.63) is 11.6 Å².